The summed E-state index contributed by atoms with van der Waals surface area (Å²) >= 11 is 0. The van der Waals surface area contributed by atoms with E-state index in [-0.39, 0.29) is 10.8 Å². The highest BCUT2D eigenvalue weighted by atomic mass is 17.3. The quantitative estimate of drug-likeness (QED) is 0.322. The number of allylic oxidation sites excluding steroid dienone is 2. The van der Waals surface area contributed by atoms with Gasteiger partial charge in [-0.15, -0.1) is 0 Å². The maximum absolute atomic E-state index is 9.46. The third-order valence-corrected chi connectivity index (χ3v) is 4.53. The Bertz CT molecular complexity index is 488. The molecule has 6 heteroatoms. The summed E-state index contributed by atoms with van der Waals surface area (Å²) in [5.74, 6) is -2.86. The van der Waals surface area contributed by atoms with Gasteiger partial charge in [-0.2, -0.15) is 19.6 Å². The standard InChI is InChI=1S/C18H30O6/c1-13-7-15(3,4)11-17(9-13,21-19)23-24-18(22-20)10-14(2)8-16(5,6)12-18/h9-10,19-20H,7-8,11-12H2,1-6H3. The Kier molecular flexibility index (Phi) is 5.31. The molecule has 0 aromatic carbocycles. The Balaban J connectivity index is 2.23. The lowest BCUT2D eigenvalue weighted by molar-refractivity contribution is -0.558. The van der Waals surface area contributed by atoms with Gasteiger partial charge < -0.3 is 0 Å². The van der Waals surface area contributed by atoms with Crippen LogP contribution in [0.2, 0.25) is 0 Å². The number of hydrogen-bond acceptors (Lipinski definition) is 6. The van der Waals surface area contributed by atoms with Gasteiger partial charge in [0.25, 0.3) is 11.6 Å². The molecule has 2 aliphatic rings. The summed E-state index contributed by atoms with van der Waals surface area (Å²) in [5.41, 5.74) is 1.79. The highest BCUT2D eigenvalue weighted by Gasteiger charge is 2.48. The van der Waals surface area contributed by atoms with Crippen LogP contribution in [0.15, 0.2) is 23.3 Å². The molecule has 0 bridgehead atoms. The molecular formula is C18H30O6. The Hall–Kier alpha value is -0.760. The van der Waals surface area contributed by atoms with Crippen LogP contribution < -0.4 is 0 Å². The summed E-state index contributed by atoms with van der Waals surface area (Å²) in [6.07, 6.45) is 5.95. The molecule has 138 valence electrons. The van der Waals surface area contributed by atoms with E-state index < -0.39 is 11.6 Å². The van der Waals surface area contributed by atoms with Crippen molar-refractivity contribution in [3.8, 4) is 0 Å². The van der Waals surface area contributed by atoms with E-state index in [1.807, 2.05) is 13.8 Å². The second-order valence-electron chi connectivity index (χ2n) is 8.99. The second-order valence-corrected chi connectivity index (χ2v) is 8.99. The van der Waals surface area contributed by atoms with Gasteiger partial charge in [-0.3, -0.25) is 0 Å². The van der Waals surface area contributed by atoms with Crippen molar-refractivity contribution >= 4 is 0 Å². The Morgan fingerprint density at radius 2 is 1.08 bits per heavy atom. The van der Waals surface area contributed by atoms with Gasteiger partial charge in [0.2, 0.25) is 0 Å². The molecule has 0 spiro atoms. The van der Waals surface area contributed by atoms with Gasteiger partial charge in [-0.25, -0.2) is 10.5 Å². The fourth-order valence-corrected chi connectivity index (χ4v) is 4.32. The van der Waals surface area contributed by atoms with Gasteiger partial charge in [0.05, 0.1) is 0 Å². The van der Waals surface area contributed by atoms with E-state index in [1.54, 1.807) is 12.2 Å². The van der Waals surface area contributed by atoms with Crippen LogP contribution in [-0.4, -0.2) is 22.1 Å². The SMILES string of the molecule is CC1=CC(OO)(OOC2(OO)C=C(C)CC(C)(C)C2)CC(C)(C)C1. The van der Waals surface area contributed by atoms with E-state index in [0.717, 1.165) is 24.0 Å². The minimum absolute atomic E-state index is 0.129. The van der Waals surface area contributed by atoms with Crippen molar-refractivity contribution in [1.82, 2.24) is 0 Å². The first-order valence-electron chi connectivity index (χ1n) is 8.33. The van der Waals surface area contributed by atoms with E-state index in [0.29, 0.717) is 12.8 Å². The molecule has 2 unspecified atom stereocenters. The van der Waals surface area contributed by atoms with Crippen LogP contribution in [0.25, 0.3) is 0 Å². The van der Waals surface area contributed by atoms with Crippen LogP contribution in [0.1, 0.15) is 67.2 Å². The van der Waals surface area contributed by atoms with Crippen LogP contribution in [0.5, 0.6) is 0 Å². The van der Waals surface area contributed by atoms with Crippen LogP contribution >= 0.6 is 0 Å². The summed E-state index contributed by atoms with van der Waals surface area (Å²) in [7, 11) is 0. The first-order valence-corrected chi connectivity index (χ1v) is 8.33. The molecule has 24 heavy (non-hydrogen) atoms. The second kappa shape index (κ2) is 6.52. The molecule has 0 aromatic heterocycles. The summed E-state index contributed by atoms with van der Waals surface area (Å²) < 4.78 is 0. The van der Waals surface area contributed by atoms with Crippen molar-refractivity contribution in [2.75, 3.05) is 0 Å². The summed E-state index contributed by atoms with van der Waals surface area (Å²) in [5, 5.41) is 18.9. The van der Waals surface area contributed by atoms with Gasteiger partial charge >= 0.3 is 0 Å². The number of hydrogen-bond donors (Lipinski definition) is 2. The molecule has 0 saturated heterocycles. The molecule has 6 nitrogen and oxygen atoms in total. The third kappa shape index (κ3) is 4.45. The predicted molar refractivity (Wildman–Crippen MR) is 88.6 cm³/mol. The van der Waals surface area contributed by atoms with E-state index in [9.17, 15) is 10.5 Å². The Labute approximate surface area is 143 Å². The lowest BCUT2D eigenvalue weighted by atomic mass is 9.75. The van der Waals surface area contributed by atoms with Crippen LogP contribution in [-0.2, 0) is 19.6 Å². The van der Waals surface area contributed by atoms with E-state index in [2.05, 4.69) is 37.5 Å². The van der Waals surface area contributed by atoms with E-state index >= 15 is 0 Å². The lowest BCUT2D eigenvalue weighted by Crippen LogP contribution is -2.47. The van der Waals surface area contributed by atoms with Crippen molar-refractivity contribution < 1.29 is 30.1 Å². The lowest BCUT2D eigenvalue weighted by Gasteiger charge is -2.43. The summed E-state index contributed by atoms with van der Waals surface area (Å²) in [4.78, 5) is 20.4. The summed E-state index contributed by atoms with van der Waals surface area (Å²) in [6, 6.07) is 0. The van der Waals surface area contributed by atoms with Crippen LogP contribution in [0.3, 0.4) is 0 Å². The zero-order valence-electron chi connectivity index (χ0n) is 15.5. The zero-order valence-corrected chi connectivity index (χ0v) is 15.5. The van der Waals surface area contributed by atoms with Gasteiger partial charge in [-0.05, 0) is 49.7 Å². The van der Waals surface area contributed by atoms with Crippen molar-refractivity contribution in [3.05, 3.63) is 23.3 Å². The molecule has 0 amide bonds. The van der Waals surface area contributed by atoms with Crippen molar-refractivity contribution in [3.63, 3.8) is 0 Å². The molecule has 2 aliphatic carbocycles. The van der Waals surface area contributed by atoms with Crippen LogP contribution in [0.4, 0.5) is 0 Å². The van der Waals surface area contributed by atoms with Gasteiger partial charge in [0.15, 0.2) is 0 Å². The molecule has 0 aromatic rings. The van der Waals surface area contributed by atoms with Crippen LogP contribution in [0, 0.1) is 10.8 Å². The topological polar surface area (TPSA) is 77.4 Å². The normalized spacial score (nSPS) is 35.3. The van der Waals surface area contributed by atoms with Gasteiger partial charge in [-0.1, -0.05) is 38.8 Å². The minimum atomic E-state index is -1.43. The monoisotopic (exact) mass is 342 g/mol. The van der Waals surface area contributed by atoms with Crippen molar-refractivity contribution in [2.24, 2.45) is 10.8 Å². The fraction of sp³-hybridized carbons (Fsp3) is 0.778. The third-order valence-electron chi connectivity index (χ3n) is 4.53. The van der Waals surface area contributed by atoms with E-state index in [1.165, 1.54) is 0 Å². The number of rotatable bonds is 5. The van der Waals surface area contributed by atoms with E-state index in [4.69, 9.17) is 9.78 Å². The predicted octanol–water partition coefficient (Wildman–Crippen LogP) is 4.84. The molecule has 0 saturated carbocycles. The Morgan fingerprint density at radius 3 is 1.33 bits per heavy atom. The van der Waals surface area contributed by atoms with Gasteiger partial charge in [0, 0.05) is 12.8 Å². The highest BCUT2D eigenvalue weighted by Crippen LogP contribution is 2.46. The molecular weight excluding hydrogens is 312 g/mol. The smallest absolute Gasteiger partial charge is 0.248 e. The molecule has 2 rings (SSSR count). The zero-order chi connectivity index (χ0) is 18.2. The molecule has 0 radical (unpaired) electrons. The highest BCUT2D eigenvalue weighted by molar-refractivity contribution is 5.15. The molecule has 0 heterocycles. The first-order chi connectivity index (χ1) is 10.9. The van der Waals surface area contributed by atoms with Crippen molar-refractivity contribution in [1.29, 1.82) is 0 Å². The maximum atomic E-state index is 9.46. The molecule has 0 fully saturated rings. The molecule has 2 atom stereocenters. The first kappa shape index (κ1) is 19.6. The largest absolute Gasteiger partial charge is 0.252 e. The van der Waals surface area contributed by atoms with Crippen molar-refractivity contribution in [2.45, 2.75) is 78.8 Å². The Morgan fingerprint density at radius 1 is 0.750 bits per heavy atom. The maximum Gasteiger partial charge on any atom is 0.252 e. The van der Waals surface area contributed by atoms with Gasteiger partial charge in [0.1, 0.15) is 0 Å². The molecule has 2 N–H and O–H groups in total. The fourth-order valence-electron chi connectivity index (χ4n) is 4.32. The average molecular weight is 342 g/mol. The average Bonchev–Trinajstić information content (AvgIpc) is 2.41. The minimum Gasteiger partial charge on any atom is -0.248 e. The summed E-state index contributed by atoms with van der Waals surface area (Å²) in [6.45, 7) is 12.1. The molecule has 0 aliphatic heterocycles.